The number of halogens is 3. The molecule has 0 aliphatic rings. The fourth-order valence-corrected chi connectivity index (χ4v) is 2.84. The van der Waals surface area contributed by atoms with Gasteiger partial charge < -0.3 is 4.74 Å². The first-order chi connectivity index (χ1) is 12.8. The third-order valence-electron chi connectivity index (χ3n) is 4.69. The van der Waals surface area contributed by atoms with Gasteiger partial charge >= 0.3 is 6.18 Å². The molecular weight excluding hydrogens is 351 g/mol. The Hall–Kier alpha value is -2.74. The van der Waals surface area contributed by atoms with E-state index >= 15 is 0 Å². The van der Waals surface area contributed by atoms with Gasteiger partial charge in [-0.2, -0.15) is 18.4 Å². The van der Waals surface area contributed by atoms with E-state index in [0.717, 1.165) is 35.2 Å². The molecule has 0 aliphatic carbocycles. The van der Waals surface area contributed by atoms with E-state index in [9.17, 15) is 18.4 Å². The van der Waals surface area contributed by atoms with Crippen molar-refractivity contribution in [1.29, 1.82) is 5.26 Å². The average molecular weight is 373 g/mol. The van der Waals surface area contributed by atoms with Gasteiger partial charge in [0.1, 0.15) is 5.76 Å². The molecule has 2 aromatic rings. The molecular formula is C22H22F3NO. The second-order valence-electron chi connectivity index (χ2n) is 6.49. The first-order valence-corrected chi connectivity index (χ1v) is 8.67. The number of ether oxygens (including phenoxy) is 1. The Morgan fingerprint density at radius 3 is 2.33 bits per heavy atom. The van der Waals surface area contributed by atoms with Crippen LogP contribution in [0.2, 0.25) is 0 Å². The number of hydrogen-bond acceptors (Lipinski definition) is 2. The Balaban J connectivity index is 2.16. The molecule has 27 heavy (non-hydrogen) atoms. The van der Waals surface area contributed by atoms with Crippen LogP contribution in [0.25, 0.3) is 11.1 Å². The van der Waals surface area contributed by atoms with E-state index in [4.69, 9.17) is 4.74 Å². The summed E-state index contributed by atoms with van der Waals surface area (Å²) in [5.41, 5.74) is 2.67. The zero-order valence-corrected chi connectivity index (χ0v) is 15.6. The maximum Gasteiger partial charge on any atom is 0.416 e. The van der Waals surface area contributed by atoms with E-state index in [-0.39, 0.29) is 5.92 Å². The number of rotatable bonds is 6. The van der Waals surface area contributed by atoms with Crippen molar-refractivity contribution in [3.63, 3.8) is 0 Å². The lowest BCUT2D eigenvalue weighted by atomic mass is 9.91. The van der Waals surface area contributed by atoms with E-state index in [1.807, 2.05) is 24.3 Å². The summed E-state index contributed by atoms with van der Waals surface area (Å²) in [6.45, 7) is 3.84. The zero-order valence-electron chi connectivity index (χ0n) is 15.6. The van der Waals surface area contributed by atoms with Crippen LogP contribution in [0.4, 0.5) is 13.2 Å². The summed E-state index contributed by atoms with van der Waals surface area (Å²) in [5, 5.41) is 9.22. The van der Waals surface area contributed by atoms with Crippen LogP contribution < -0.4 is 0 Å². The van der Waals surface area contributed by atoms with Gasteiger partial charge in [0.05, 0.1) is 24.3 Å². The molecule has 0 aromatic heterocycles. The van der Waals surface area contributed by atoms with E-state index in [2.05, 4.69) is 13.0 Å². The topological polar surface area (TPSA) is 33.0 Å². The van der Waals surface area contributed by atoms with Crippen molar-refractivity contribution in [2.24, 2.45) is 0 Å². The van der Waals surface area contributed by atoms with Crippen molar-refractivity contribution in [2.45, 2.75) is 38.8 Å². The maximum atomic E-state index is 12.7. The van der Waals surface area contributed by atoms with Gasteiger partial charge in [0, 0.05) is 0 Å². The highest BCUT2D eigenvalue weighted by Gasteiger charge is 2.29. The molecule has 0 saturated heterocycles. The molecule has 5 heteroatoms. The lowest BCUT2D eigenvalue weighted by molar-refractivity contribution is -0.137. The number of nitrogens with zero attached hydrogens (tertiary/aromatic N) is 1. The minimum Gasteiger partial charge on any atom is -0.500 e. The summed E-state index contributed by atoms with van der Waals surface area (Å²) in [7, 11) is 1.55. The summed E-state index contributed by atoms with van der Waals surface area (Å²) < 4.78 is 43.3. The number of methoxy groups -OCH3 is 1. The van der Waals surface area contributed by atoms with Gasteiger partial charge in [-0.05, 0) is 54.5 Å². The van der Waals surface area contributed by atoms with Gasteiger partial charge in [-0.1, -0.05) is 43.3 Å². The number of hydrogen-bond donors (Lipinski definition) is 0. The molecule has 0 heterocycles. The lowest BCUT2D eigenvalue weighted by Crippen LogP contribution is -2.04. The molecule has 0 saturated carbocycles. The van der Waals surface area contributed by atoms with Crippen LogP contribution in [0, 0.1) is 11.3 Å². The third-order valence-corrected chi connectivity index (χ3v) is 4.69. The minimum absolute atomic E-state index is 0.201. The second kappa shape index (κ2) is 8.77. The molecule has 0 amide bonds. The molecule has 0 spiro atoms. The zero-order chi connectivity index (χ0) is 20.0. The number of allylic oxidation sites excluding steroid dienone is 2. The van der Waals surface area contributed by atoms with Crippen LogP contribution in [0.3, 0.4) is 0 Å². The summed E-state index contributed by atoms with van der Waals surface area (Å²) in [4.78, 5) is 0. The molecule has 2 nitrogen and oxygen atoms in total. The van der Waals surface area contributed by atoms with Crippen molar-refractivity contribution >= 4 is 0 Å². The molecule has 1 atom stereocenters. The predicted octanol–water partition coefficient (Wildman–Crippen LogP) is 6.70. The summed E-state index contributed by atoms with van der Waals surface area (Å²) in [6, 6.07) is 15.1. The molecule has 142 valence electrons. The van der Waals surface area contributed by atoms with Crippen molar-refractivity contribution in [3.05, 3.63) is 71.0 Å². The van der Waals surface area contributed by atoms with Gasteiger partial charge in [0.15, 0.2) is 0 Å². The maximum absolute atomic E-state index is 12.7. The third kappa shape index (κ3) is 5.37. The summed E-state index contributed by atoms with van der Waals surface area (Å²) in [6.07, 6.45) is -2.94. The van der Waals surface area contributed by atoms with E-state index in [1.165, 1.54) is 12.1 Å². The highest BCUT2D eigenvalue weighted by molar-refractivity contribution is 5.64. The van der Waals surface area contributed by atoms with Gasteiger partial charge in [-0.3, -0.25) is 0 Å². The fraction of sp³-hybridized carbons (Fsp3) is 0.318. The Morgan fingerprint density at radius 1 is 1.11 bits per heavy atom. The summed E-state index contributed by atoms with van der Waals surface area (Å²) >= 11 is 0. The molecule has 0 fully saturated rings. The van der Waals surface area contributed by atoms with Gasteiger partial charge in [0.25, 0.3) is 0 Å². The number of nitriles is 1. The van der Waals surface area contributed by atoms with E-state index < -0.39 is 11.7 Å². The predicted molar refractivity (Wildman–Crippen MR) is 99.9 cm³/mol. The standard InChI is InChI=1S/C22H22F3NO/c1-15(7-8-20(14-26)16(2)27-3)18-5-4-6-19(13-18)17-9-11-21(12-10-17)22(23,24)25/h4-6,9-13,15H,7-8H2,1-3H3. The normalized spacial score (nSPS) is 13.5. The molecule has 2 rings (SSSR count). The Bertz CT molecular complexity index is 845. The van der Waals surface area contributed by atoms with Crippen LogP contribution in [-0.4, -0.2) is 7.11 Å². The fourth-order valence-electron chi connectivity index (χ4n) is 2.84. The van der Waals surface area contributed by atoms with Crippen molar-refractivity contribution in [3.8, 4) is 17.2 Å². The molecule has 2 aromatic carbocycles. The first-order valence-electron chi connectivity index (χ1n) is 8.67. The smallest absolute Gasteiger partial charge is 0.416 e. The first kappa shape index (κ1) is 20.6. The van der Waals surface area contributed by atoms with Crippen LogP contribution in [0.5, 0.6) is 0 Å². The quantitative estimate of drug-likeness (QED) is 0.417. The summed E-state index contributed by atoms with van der Waals surface area (Å²) in [5.74, 6) is 0.829. The average Bonchev–Trinajstić information content (AvgIpc) is 2.67. The van der Waals surface area contributed by atoms with Crippen molar-refractivity contribution in [2.75, 3.05) is 7.11 Å². The van der Waals surface area contributed by atoms with E-state index in [0.29, 0.717) is 17.8 Å². The molecule has 0 aliphatic heterocycles. The highest BCUT2D eigenvalue weighted by atomic mass is 19.4. The number of alkyl halides is 3. The monoisotopic (exact) mass is 373 g/mol. The Morgan fingerprint density at radius 2 is 1.78 bits per heavy atom. The SMILES string of the molecule is COC(C)=C(C#N)CCC(C)c1cccc(-c2ccc(C(F)(F)F)cc2)c1. The molecule has 0 bridgehead atoms. The van der Waals surface area contributed by atoms with Gasteiger partial charge in [-0.25, -0.2) is 0 Å². The molecule has 0 N–H and O–H groups in total. The number of benzene rings is 2. The minimum atomic E-state index is -4.33. The lowest BCUT2D eigenvalue weighted by Gasteiger charge is -2.14. The largest absolute Gasteiger partial charge is 0.500 e. The van der Waals surface area contributed by atoms with Crippen LogP contribution in [0.15, 0.2) is 59.9 Å². The van der Waals surface area contributed by atoms with Crippen molar-refractivity contribution < 1.29 is 17.9 Å². The van der Waals surface area contributed by atoms with Gasteiger partial charge in [0.2, 0.25) is 0 Å². The second-order valence-corrected chi connectivity index (χ2v) is 6.49. The van der Waals surface area contributed by atoms with Gasteiger partial charge in [-0.15, -0.1) is 0 Å². The van der Waals surface area contributed by atoms with Crippen LogP contribution in [0.1, 0.15) is 43.7 Å². The highest BCUT2D eigenvalue weighted by Crippen LogP contribution is 2.32. The molecule has 0 radical (unpaired) electrons. The van der Waals surface area contributed by atoms with Crippen molar-refractivity contribution in [1.82, 2.24) is 0 Å². The molecule has 1 unspecified atom stereocenters. The Labute approximate surface area is 157 Å². The van der Waals surface area contributed by atoms with Crippen LogP contribution >= 0.6 is 0 Å². The van der Waals surface area contributed by atoms with Crippen LogP contribution in [-0.2, 0) is 10.9 Å². The Kier molecular flexibility index (Phi) is 6.68. The van der Waals surface area contributed by atoms with E-state index in [1.54, 1.807) is 14.0 Å².